The Hall–Kier alpha value is -3.06. The highest BCUT2D eigenvalue weighted by molar-refractivity contribution is 5.94. The summed E-state index contributed by atoms with van der Waals surface area (Å²) in [6, 6.07) is 13.5. The summed E-state index contributed by atoms with van der Waals surface area (Å²) in [5.41, 5.74) is 2.24. The number of rotatable bonds is 6. The van der Waals surface area contributed by atoms with E-state index in [4.69, 9.17) is 0 Å². The molecule has 0 radical (unpaired) electrons. The van der Waals surface area contributed by atoms with Crippen LogP contribution in [0, 0.1) is 5.82 Å². The van der Waals surface area contributed by atoms with E-state index >= 15 is 0 Å². The molecule has 2 aromatic carbocycles. The van der Waals surface area contributed by atoms with Crippen LogP contribution < -0.4 is 5.32 Å². The summed E-state index contributed by atoms with van der Waals surface area (Å²) >= 11 is 0. The molecular weight excluding hydrogens is 333 g/mol. The molecule has 3 rings (SSSR count). The van der Waals surface area contributed by atoms with Crippen molar-refractivity contribution in [3.8, 4) is 5.69 Å². The quantitative estimate of drug-likeness (QED) is 0.739. The number of amides is 1. The normalized spacial score (nSPS) is 12.2. The molecule has 1 amide bonds. The maximum Gasteiger partial charge on any atom is 0.251 e. The van der Waals surface area contributed by atoms with Crippen molar-refractivity contribution >= 4 is 5.91 Å². The summed E-state index contributed by atoms with van der Waals surface area (Å²) in [5.74, 6) is -0.464. The monoisotopic (exact) mass is 353 g/mol. The van der Waals surface area contributed by atoms with E-state index in [2.05, 4.69) is 15.5 Å². The molecule has 0 bridgehead atoms. The topological polar surface area (TPSA) is 63.1 Å². The Kier molecular flexibility index (Phi) is 5.38. The second kappa shape index (κ2) is 7.88. The lowest BCUT2D eigenvalue weighted by Gasteiger charge is -2.25. The summed E-state index contributed by atoms with van der Waals surface area (Å²) < 4.78 is 15.2. The van der Waals surface area contributed by atoms with E-state index in [1.165, 1.54) is 12.1 Å². The lowest BCUT2D eigenvalue weighted by Crippen LogP contribution is -2.34. The van der Waals surface area contributed by atoms with Crippen LogP contribution in [0.15, 0.2) is 61.2 Å². The number of benzene rings is 2. The molecule has 0 spiro atoms. The van der Waals surface area contributed by atoms with Gasteiger partial charge in [0.15, 0.2) is 0 Å². The molecule has 3 aromatic rings. The first-order chi connectivity index (χ1) is 12.5. The molecule has 26 heavy (non-hydrogen) atoms. The Morgan fingerprint density at radius 2 is 1.85 bits per heavy atom. The van der Waals surface area contributed by atoms with Crippen LogP contribution in [-0.4, -0.2) is 46.2 Å². The summed E-state index contributed by atoms with van der Waals surface area (Å²) in [5, 5.41) is 10.4. The maximum absolute atomic E-state index is 13.5. The third kappa shape index (κ3) is 4.12. The van der Waals surface area contributed by atoms with Gasteiger partial charge in [-0.25, -0.2) is 4.39 Å². The fraction of sp³-hybridized carbons (Fsp3) is 0.211. The first kappa shape index (κ1) is 17.8. The second-order valence-corrected chi connectivity index (χ2v) is 6.16. The van der Waals surface area contributed by atoms with Crippen molar-refractivity contribution in [1.82, 2.24) is 25.0 Å². The van der Waals surface area contributed by atoms with Gasteiger partial charge < -0.3 is 10.2 Å². The van der Waals surface area contributed by atoms with Crippen molar-refractivity contribution in [3.63, 3.8) is 0 Å². The lowest BCUT2D eigenvalue weighted by atomic mass is 10.1. The number of carbonyl (C=O) groups excluding carboxylic acids is 1. The minimum atomic E-state index is -0.287. The number of likely N-dealkylation sites (N-methyl/N-ethyl adjacent to an activating group) is 1. The largest absolute Gasteiger partial charge is 0.350 e. The molecule has 1 heterocycles. The Balaban J connectivity index is 1.67. The van der Waals surface area contributed by atoms with Gasteiger partial charge in [-0.2, -0.15) is 0 Å². The third-order valence-electron chi connectivity index (χ3n) is 4.16. The van der Waals surface area contributed by atoms with E-state index in [9.17, 15) is 9.18 Å². The average molecular weight is 353 g/mol. The van der Waals surface area contributed by atoms with Crippen molar-refractivity contribution < 1.29 is 9.18 Å². The zero-order chi connectivity index (χ0) is 18.5. The van der Waals surface area contributed by atoms with E-state index in [1.54, 1.807) is 35.4 Å². The molecule has 0 aliphatic rings. The lowest BCUT2D eigenvalue weighted by molar-refractivity contribution is 0.0942. The van der Waals surface area contributed by atoms with Crippen LogP contribution >= 0.6 is 0 Å². The molecule has 134 valence electrons. The minimum Gasteiger partial charge on any atom is -0.350 e. The molecule has 0 fully saturated rings. The SMILES string of the molecule is CN(C)C(CNC(=O)c1ccc(-n2cnnc2)cc1)c1cccc(F)c1. The summed E-state index contributed by atoms with van der Waals surface area (Å²) in [7, 11) is 3.80. The number of aromatic nitrogens is 3. The summed E-state index contributed by atoms with van der Waals surface area (Å²) in [6.07, 6.45) is 3.19. The zero-order valence-corrected chi connectivity index (χ0v) is 14.6. The van der Waals surface area contributed by atoms with Gasteiger partial charge >= 0.3 is 0 Å². The highest BCUT2D eigenvalue weighted by atomic mass is 19.1. The van der Waals surface area contributed by atoms with E-state index in [0.29, 0.717) is 12.1 Å². The van der Waals surface area contributed by atoms with Crippen molar-refractivity contribution in [2.75, 3.05) is 20.6 Å². The Bertz CT molecular complexity index is 862. The standard InChI is InChI=1S/C19H20FN5O/c1-24(2)18(15-4-3-5-16(20)10-15)11-21-19(26)14-6-8-17(9-7-14)25-12-22-23-13-25/h3-10,12-13,18H,11H2,1-2H3,(H,21,26). The number of nitrogens with one attached hydrogen (secondary N) is 1. The number of halogens is 1. The van der Waals surface area contributed by atoms with Crippen LogP contribution in [0.1, 0.15) is 22.0 Å². The highest BCUT2D eigenvalue weighted by Crippen LogP contribution is 2.18. The molecule has 7 heteroatoms. The molecule has 0 saturated heterocycles. The number of hydrogen-bond donors (Lipinski definition) is 1. The minimum absolute atomic E-state index is 0.119. The number of hydrogen-bond acceptors (Lipinski definition) is 4. The fourth-order valence-electron chi connectivity index (χ4n) is 2.72. The van der Waals surface area contributed by atoms with Crippen molar-refractivity contribution in [1.29, 1.82) is 0 Å². The fourth-order valence-corrected chi connectivity index (χ4v) is 2.72. The molecular formula is C19H20FN5O. The van der Waals surface area contributed by atoms with Crippen LogP contribution in [0.3, 0.4) is 0 Å². The molecule has 1 atom stereocenters. The number of nitrogens with zero attached hydrogens (tertiary/aromatic N) is 4. The molecule has 1 N–H and O–H groups in total. The molecule has 1 unspecified atom stereocenters. The smallest absolute Gasteiger partial charge is 0.251 e. The van der Waals surface area contributed by atoms with Gasteiger partial charge in [0.25, 0.3) is 5.91 Å². The van der Waals surface area contributed by atoms with Crippen LogP contribution in [0.4, 0.5) is 4.39 Å². The van der Waals surface area contributed by atoms with E-state index in [1.807, 2.05) is 37.2 Å². The Morgan fingerprint density at radius 3 is 2.46 bits per heavy atom. The van der Waals surface area contributed by atoms with Gasteiger partial charge in [0.1, 0.15) is 18.5 Å². The first-order valence-corrected chi connectivity index (χ1v) is 8.20. The molecule has 6 nitrogen and oxygen atoms in total. The van der Waals surface area contributed by atoms with Crippen molar-refractivity contribution in [2.24, 2.45) is 0 Å². The van der Waals surface area contributed by atoms with E-state index in [-0.39, 0.29) is 17.8 Å². The average Bonchev–Trinajstić information content (AvgIpc) is 3.16. The van der Waals surface area contributed by atoms with Gasteiger partial charge in [-0.05, 0) is 56.1 Å². The van der Waals surface area contributed by atoms with Gasteiger partial charge in [-0.1, -0.05) is 12.1 Å². The Labute approximate surface area is 151 Å². The number of carbonyl (C=O) groups is 1. The molecule has 0 saturated carbocycles. The van der Waals surface area contributed by atoms with Crippen molar-refractivity contribution in [2.45, 2.75) is 6.04 Å². The maximum atomic E-state index is 13.5. The van der Waals surface area contributed by atoms with Gasteiger partial charge in [0.05, 0.1) is 6.04 Å². The van der Waals surface area contributed by atoms with E-state index < -0.39 is 0 Å². The third-order valence-corrected chi connectivity index (χ3v) is 4.16. The van der Waals surface area contributed by atoms with Crippen molar-refractivity contribution in [3.05, 3.63) is 78.1 Å². The zero-order valence-electron chi connectivity index (χ0n) is 14.6. The second-order valence-electron chi connectivity index (χ2n) is 6.16. The van der Waals surface area contributed by atoms with Gasteiger partial charge in [-0.3, -0.25) is 9.36 Å². The van der Waals surface area contributed by atoms with E-state index in [0.717, 1.165) is 11.3 Å². The summed E-state index contributed by atoms with van der Waals surface area (Å²) in [6.45, 7) is 0.377. The molecule has 1 aromatic heterocycles. The predicted octanol–water partition coefficient (Wildman–Crippen LogP) is 2.44. The van der Waals surface area contributed by atoms with Crippen LogP contribution in [0.25, 0.3) is 5.69 Å². The van der Waals surface area contributed by atoms with Crippen LogP contribution in [0.5, 0.6) is 0 Å². The molecule has 0 aliphatic carbocycles. The van der Waals surface area contributed by atoms with Crippen LogP contribution in [-0.2, 0) is 0 Å². The Morgan fingerprint density at radius 1 is 1.15 bits per heavy atom. The highest BCUT2D eigenvalue weighted by Gasteiger charge is 2.16. The summed E-state index contributed by atoms with van der Waals surface area (Å²) in [4.78, 5) is 14.4. The molecule has 0 aliphatic heterocycles. The van der Waals surface area contributed by atoms with Crippen LogP contribution in [0.2, 0.25) is 0 Å². The van der Waals surface area contributed by atoms with Gasteiger partial charge in [0, 0.05) is 17.8 Å². The van der Waals surface area contributed by atoms with Gasteiger partial charge in [0.2, 0.25) is 0 Å². The van der Waals surface area contributed by atoms with Gasteiger partial charge in [-0.15, -0.1) is 10.2 Å². The predicted molar refractivity (Wildman–Crippen MR) is 96.5 cm³/mol. The first-order valence-electron chi connectivity index (χ1n) is 8.20.